The summed E-state index contributed by atoms with van der Waals surface area (Å²) in [5, 5.41) is 6.57. The second kappa shape index (κ2) is 6.10. The van der Waals surface area contributed by atoms with Crippen LogP contribution < -0.4 is 10.2 Å². The summed E-state index contributed by atoms with van der Waals surface area (Å²) in [5.41, 5.74) is 0.611. The van der Waals surface area contributed by atoms with E-state index in [0.717, 1.165) is 30.4 Å². The number of nitrogens with one attached hydrogen (secondary N) is 1. The normalized spacial score (nSPS) is 15.0. The van der Waals surface area contributed by atoms with Gasteiger partial charge in [0.1, 0.15) is 22.8 Å². The third kappa shape index (κ3) is 3.14. The minimum Gasteiger partial charge on any atom is -0.378 e. The van der Waals surface area contributed by atoms with E-state index in [1.807, 2.05) is 0 Å². The van der Waals surface area contributed by atoms with Crippen LogP contribution in [0.25, 0.3) is 0 Å². The number of nitrogens with zero attached hydrogens (tertiary/aromatic N) is 5. The standard InChI is InChI=1S/C12H14N6O2S/c1-8-11(21-17-16-8)12(19)15-9-6-10(14-7-13-9)18-2-4-20-5-3-18/h6-7H,2-5H2,1H3,(H,13,14,15,19). The molecule has 1 saturated heterocycles. The van der Waals surface area contributed by atoms with Crippen LogP contribution in [0.5, 0.6) is 0 Å². The Morgan fingerprint density at radius 2 is 2.19 bits per heavy atom. The summed E-state index contributed by atoms with van der Waals surface area (Å²) >= 11 is 1.07. The van der Waals surface area contributed by atoms with Crippen molar-refractivity contribution in [3.8, 4) is 0 Å². The van der Waals surface area contributed by atoms with Crippen molar-refractivity contribution in [3.63, 3.8) is 0 Å². The summed E-state index contributed by atoms with van der Waals surface area (Å²) in [7, 11) is 0. The number of amides is 1. The van der Waals surface area contributed by atoms with Crippen molar-refractivity contribution in [2.75, 3.05) is 36.5 Å². The Morgan fingerprint density at radius 3 is 2.90 bits per heavy atom. The van der Waals surface area contributed by atoms with Crippen LogP contribution in [-0.4, -0.2) is 51.8 Å². The van der Waals surface area contributed by atoms with Gasteiger partial charge in [-0.2, -0.15) is 0 Å². The second-order valence-electron chi connectivity index (χ2n) is 4.50. The van der Waals surface area contributed by atoms with Gasteiger partial charge in [-0.25, -0.2) is 9.97 Å². The number of morpholine rings is 1. The molecule has 0 spiro atoms. The minimum absolute atomic E-state index is 0.255. The van der Waals surface area contributed by atoms with Crippen molar-refractivity contribution in [2.45, 2.75) is 6.92 Å². The number of carbonyl (C=O) groups is 1. The van der Waals surface area contributed by atoms with Gasteiger partial charge in [-0.3, -0.25) is 4.79 Å². The Bertz CT molecular complexity index is 640. The van der Waals surface area contributed by atoms with E-state index in [9.17, 15) is 4.79 Å². The number of hydrogen-bond acceptors (Lipinski definition) is 8. The van der Waals surface area contributed by atoms with Crippen molar-refractivity contribution < 1.29 is 9.53 Å². The smallest absolute Gasteiger partial charge is 0.270 e. The van der Waals surface area contributed by atoms with Crippen LogP contribution in [0.1, 0.15) is 15.4 Å². The summed E-state index contributed by atoms with van der Waals surface area (Å²) in [6, 6.07) is 1.76. The highest BCUT2D eigenvalue weighted by molar-refractivity contribution is 7.08. The van der Waals surface area contributed by atoms with E-state index in [1.165, 1.54) is 6.33 Å². The SMILES string of the molecule is Cc1nnsc1C(=O)Nc1cc(N2CCOCC2)ncn1. The van der Waals surface area contributed by atoms with Crippen molar-refractivity contribution in [1.82, 2.24) is 19.6 Å². The van der Waals surface area contributed by atoms with Gasteiger partial charge in [0.25, 0.3) is 5.91 Å². The number of hydrogen-bond donors (Lipinski definition) is 1. The largest absolute Gasteiger partial charge is 0.378 e. The predicted octanol–water partition coefficient (Wildman–Crippen LogP) is 0.725. The maximum atomic E-state index is 12.1. The van der Waals surface area contributed by atoms with E-state index in [1.54, 1.807) is 13.0 Å². The Balaban J connectivity index is 1.74. The first-order valence-corrected chi connectivity index (χ1v) is 7.26. The van der Waals surface area contributed by atoms with Crippen LogP contribution in [0.3, 0.4) is 0 Å². The highest BCUT2D eigenvalue weighted by Crippen LogP contribution is 2.17. The van der Waals surface area contributed by atoms with Gasteiger partial charge in [-0.1, -0.05) is 4.49 Å². The fourth-order valence-electron chi connectivity index (χ4n) is 1.99. The lowest BCUT2D eigenvalue weighted by atomic mass is 10.3. The molecule has 0 atom stereocenters. The highest BCUT2D eigenvalue weighted by Gasteiger charge is 2.16. The molecule has 0 saturated carbocycles. The molecule has 9 heteroatoms. The molecular weight excluding hydrogens is 292 g/mol. The van der Waals surface area contributed by atoms with Crippen LogP contribution in [0.2, 0.25) is 0 Å². The van der Waals surface area contributed by atoms with Crippen LogP contribution in [0.4, 0.5) is 11.6 Å². The summed E-state index contributed by atoms with van der Waals surface area (Å²) in [4.78, 5) is 23.0. The number of ether oxygens (including phenoxy) is 1. The number of aryl methyl sites for hydroxylation is 1. The Kier molecular flexibility index (Phi) is 4.02. The lowest BCUT2D eigenvalue weighted by Crippen LogP contribution is -2.36. The molecule has 8 nitrogen and oxygen atoms in total. The predicted molar refractivity (Wildman–Crippen MR) is 77.7 cm³/mol. The Morgan fingerprint density at radius 1 is 1.38 bits per heavy atom. The molecule has 1 aliphatic heterocycles. The van der Waals surface area contributed by atoms with Gasteiger partial charge in [-0.05, 0) is 18.5 Å². The van der Waals surface area contributed by atoms with E-state index in [-0.39, 0.29) is 5.91 Å². The molecule has 21 heavy (non-hydrogen) atoms. The number of aromatic nitrogens is 4. The molecule has 1 N–H and O–H groups in total. The highest BCUT2D eigenvalue weighted by atomic mass is 32.1. The van der Waals surface area contributed by atoms with Crippen LogP contribution in [-0.2, 0) is 4.74 Å². The first kappa shape index (κ1) is 13.8. The molecule has 0 unspecified atom stereocenters. The van der Waals surface area contributed by atoms with E-state index in [0.29, 0.717) is 29.6 Å². The molecule has 0 aliphatic carbocycles. The molecule has 110 valence electrons. The molecule has 1 fully saturated rings. The zero-order valence-electron chi connectivity index (χ0n) is 11.4. The van der Waals surface area contributed by atoms with Crippen LogP contribution in [0, 0.1) is 6.92 Å². The average molecular weight is 306 g/mol. The minimum atomic E-state index is -0.255. The molecule has 1 amide bonds. The van der Waals surface area contributed by atoms with Gasteiger partial charge in [-0.15, -0.1) is 5.10 Å². The van der Waals surface area contributed by atoms with Crippen molar-refractivity contribution >= 4 is 29.1 Å². The summed E-state index contributed by atoms with van der Waals surface area (Å²) in [6.45, 7) is 4.66. The maximum absolute atomic E-state index is 12.1. The summed E-state index contributed by atoms with van der Waals surface area (Å²) in [6.07, 6.45) is 1.44. The molecule has 3 rings (SSSR count). The lowest BCUT2D eigenvalue weighted by Gasteiger charge is -2.27. The summed E-state index contributed by atoms with van der Waals surface area (Å²) in [5.74, 6) is 0.987. The van der Waals surface area contributed by atoms with Crippen molar-refractivity contribution in [3.05, 3.63) is 23.0 Å². The van der Waals surface area contributed by atoms with Gasteiger partial charge >= 0.3 is 0 Å². The van der Waals surface area contributed by atoms with E-state index >= 15 is 0 Å². The molecule has 3 heterocycles. The van der Waals surface area contributed by atoms with Gasteiger partial charge in [0.15, 0.2) is 0 Å². The molecule has 0 bridgehead atoms. The quantitative estimate of drug-likeness (QED) is 0.893. The molecular formula is C12H14N6O2S. The number of anilines is 2. The van der Waals surface area contributed by atoms with E-state index in [2.05, 4.69) is 29.8 Å². The molecule has 2 aromatic heterocycles. The Labute approximate surface area is 125 Å². The zero-order valence-corrected chi connectivity index (χ0v) is 12.3. The fraction of sp³-hybridized carbons (Fsp3) is 0.417. The molecule has 0 aromatic carbocycles. The Hall–Kier alpha value is -2.13. The van der Waals surface area contributed by atoms with Gasteiger partial charge in [0.05, 0.1) is 18.9 Å². The summed E-state index contributed by atoms with van der Waals surface area (Å²) < 4.78 is 9.06. The fourth-order valence-corrected chi connectivity index (χ4v) is 2.55. The monoisotopic (exact) mass is 306 g/mol. The number of carbonyl (C=O) groups excluding carboxylic acids is 1. The topological polar surface area (TPSA) is 93.1 Å². The first-order valence-electron chi connectivity index (χ1n) is 6.49. The van der Waals surface area contributed by atoms with Crippen molar-refractivity contribution in [1.29, 1.82) is 0 Å². The molecule has 2 aromatic rings. The first-order chi connectivity index (χ1) is 10.2. The van der Waals surface area contributed by atoms with Gasteiger partial charge in [0, 0.05) is 19.2 Å². The maximum Gasteiger partial charge on any atom is 0.270 e. The van der Waals surface area contributed by atoms with Gasteiger partial charge < -0.3 is 15.0 Å². The van der Waals surface area contributed by atoms with Crippen LogP contribution in [0.15, 0.2) is 12.4 Å². The zero-order chi connectivity index (χ0) is 14.7. The molecule has 1 aliphatic rings. The number of rotatable bonds is 3. The third-order valence-corrected chi connectivity index (χ3v) is 3.91. The van der Waals surface area contributed by atoms with E-state index in [4.69, 9.17) is 4.74 Å². The van der Waals surface area contributed by atoms with Crippen molar-refractivity contribution in [2.24, 2.45) is 0 Å². The molecule has 0 radical (unpaired) electrons. The average Bonchev–Trinajstić information content (AvgIpc) is 2.95. The lowest BCUT2D eigenvalue weighted by molar-refractivity contribution is 0.102. The van der Waals surface area contributed by atoms with Gasteiger partial charge in [0.2, 0.25) is 0 Å². The van der Waals surface area contributed by atoms with E-state index < -0.39 is 0 Å². The second-order valence-corrected chi connectivity index (χ2v) is 5.26. The van der Waals surface area contributed by atoms with Crippen LogP contribution >= 0.6 is 11.5 Å². The third-order valence-electron chi connectivity index (χ3n) is 3.09.